The molecule has 0 saturated heterocycles. The molecule has 0 radical (unpaired) electrons. The third-order valence-electron chi connectivity index (χ3n) is 4.37. The van der Waals surface area contributed by atoms with Crippen LogP contribution in [-0.4, -0.2) is 20.9 Å². The van der Waals surface area contributed by atoms with E-state index in [9.17, 15) is 13.2 Å². The van der Waals surface area contributed by atoms with E-state index in [4.69, 9.17) is 0 Å². The highest BCUT2D eigenvalue weighted by molar-refractivity contribution is 14.1. The minimum absolute atomic E-state index is 0.139. The van der Waals surface area contributed by atoms with Gasteiger partial charge in [0.05, 0.1) is 10.6 Å². The summed E-state index contributed by atoms with van der Waals surface area (Å²) in [6, 6.07) is 20.9. The van der Waals surface area contributed by atoms with Crippen molar-refractivity contribution in [2.45, 2.75) is 18.7 Å². The van der Waals surface area contributed by atoms with Crippen LogP contribution in [0.4, 0.5) is 11.4 Å². The number of carbonyl (C=O) groups excluding carboxylic acids is 1. The van der Waals surface area contributed by atoms with Gasteiger partial charge in [-0.25, -0.2) is 8.42 Å². The van der Waals surface area contributed by atoms with Gasteiger partial charge in [0.25, 0.3) is 10.0 Å². The van der Waals surface area contributed by atoms with Crippen LogP contribution >= 0.6 is 22.6 Å². The number of hydrogen-bond donors (Lipinski definition) is 1. The van der Waals surface area contributed by atoms with Gasteiger partial charge in [0.1, 0.15) is 6.54 Å². The third kappa shape index (κ3) is 5.16. The van der Waals surface area contributed by atoms with Crippen molar-refractivity contribution in [3.8, 4) is 0 Å². The summed E-state index contributed by atoms with van der Waals surface area (Å²) < 4.78 is 28.8. The van der Waals surface area contributed by atoms with Gasteiger partial charge >= 0.3 is 0 Å². The predicted octanol–water partition coefficient (Wildman–Crippen LogP) is 4.74. The molecule has 0 saturated carbocycles. The maximum atomic E-state index is 13.3. The van der Waals surface area contributed by atoms with Crippen molar-refractivity contribution in [1.82, 2.24) is 0 Å². The van der Waals surface area contributed by atoms with Crippen molar-refractivity contribution in [3.05, 3.63) is 87.5 Å². The summed E-state index contributed by atoms with van der Waals surface area (Å²) in [7, 11) is -3.90. The lowest BCUT2D eigenvalue weighted by Gasteiger charge is -2.24. The Balaban J connectivity index is 1.94. The van der Waals surface area contributed by atoms with Crippen molar-refractivity contribution >= 4 is 49.9 Å². The van der Waals surface area contributed by atoms with Gasteiger partial charge < -0.3 is 5.32 Å². The summed E-state index contributed by atoms with van der Waals surface area (Å²) in [5, 5.41) is 2.83. The lowest BCUT2D eigenvalue weighted by molar-refractivity contribution is -0.114. The molecule has 0 bridgehead atoms. The van der Waals surface area contributed by atoms with Gasteiger partial charge in [0.2, 0.25) is 5.91 Å². The number of amides is 1. The van der Waals surface area contributed by atoms with Crippen LogP contribution in [0.15, 0.2) is 77.7 Å². The zero-order chi connectivity index (χ0) is 21.0. The molecule has 3 aromatic carbocycles. The predicted molar refractivity (Wildman–Crippen MR) is 125 cm³/mol. The second-order valence-corrected chi connectivity index (χ2v) is 9.78. The molecule has 0 aliphatic carbocycles. The first kappa shape index (κ1) is 21.3. The first-order chi connectivity index (χ1) is 13.8. The fourth-order valence-corrected chi connectivity index (χ4v) is 4.99. The first-order valence-electron chi connectivity index (χ1n) is 8.98. The molecule has 1 amide bonds. The lowest BCUT2D eigenvalue weighted by atomic mass is 10.2. The number of benzene rings is 3. The fraction of sp³-hybridized carbons (Fsp3) is 0.136. The SMILES string of the molecule is Cc1cccc(N(CC(=O)Nc2ccc(I)cc2C)S(=O)(=O)c2ccccc2)c1. The summed E-state index contributed by atoms with van der Waals surface area (Å²) in [5.41, 5.74) is 2.93. The number of nitrogens with zero attached hydrogens (tertiary/aromatic N) is 1. The number of hydrogen-bond acceptors (Lipinski definition) is 3. The van der Waals surface area contributed by atoms with Gasteiger partial charge in [-0.3, -0.25) is 9.10 Å². The third-order valence-corrected chi connectivity index (χ3v) is 6.83. The maximum absolute atomic E-state index is 13.3. The fourth-order valence-electron chi connectivity index (χ4n) is 2.91. The van der Waals surface area contributed by atoms with Gasteiger partial charge in [-0.05, 0) is 90.0 Å². The molecule has 1 N–H and O–H groups in total. The normalized spacial score (nSPS) is 11.1. The molecule has 0 aliphatic rings. The van der Waals surface area contributed by atoms with E-state index >= 15 is 0 Å². The molecule has 5 nitrogen and oxygen atoms in total. The van der Waals surface area contributed by atoms with E-state index in [1.54, 1.807) is 36.4 Å². The van der Waals surface area contributed by atoms with Crippen molar-refractivity contribution in [1.29, 1.82) is 0 Å². The smallest absolute Gasteiger partial charge is 0.264 e. The zero-order valence-corrected chi connectivity index (χ0v) is 19.1. The van der Waals surface area contributed by atoms with Gasteiger partial charge in [0.15, 0.2) is 0 Å². The van der Waals surface area contributed by atoms with Gasteiger partial charge in [-0.1, -0.05) is 30.3 Å². The van der Waals surface area contributed by atoms with Crippen molar-refractivity contribution in [2.24, 2.45) is 0 Å². The summed E-state index contributed by atoms with van der Waals surface area (Å²) in [5.74, 6) is -0.407. The number of aryl methyl sites for hydroxylation is 2. The number of carbonyl (C=O) groups is 1. The van der Waals surface area contributed by atoms with Gasteiger partial charge in [0, 0.05) is 9.26 Å². The minimum atomic E-state index is -3.90. The van der Waals surface area contributed by atoms with E-state index in [0.29, 0.717) is 11.4 Å². The molecule has 0 fully saturated rings. The number of anilines is 2. The molecule has 7 heteroatoms. The molecule has 0 spiro atoms. The Kier molecular flexibility index (Phi) is 6.59. The number of halogens is 1. The van der Waals surface area contributed by atoms with Crippen LogP contribution in [0.1, 0.15) is 11.1 Å². The Labute approximate surface area is 184 Å². The standard InChI is InChI=1S/C22H21IN2O3S/c1-16-7-6-8-19(13-16)25(29(27,28)20-9-4-3-5-10-20)15-22(26)24-21-12-11-18(23)14-17(21)2/h3-14H,15H2,1-2H3,(H,24,26). The molecule has 3 rings (SSSR count). The molecule has 150 valence electrons. The second kappa shape index (κ2) is 8.96. The Morgan fingerprint density at radius 2 is 1.69 bits per heavy atom. The Morgan fingerprint density at radius 1 is 0.966 bits per heavy atom. The second-order valence-electron chi connectivity index (χ2n) is 6.67. The first-order valence-corrected chi connectivity index (χ1v) is 11.5. The summed E-state index contributed by atoms with van der Waals surface area (Å²) in [6.45, 7) is 3.45. The van der Waals surface area contributed by atoms with Crippen LogP contribution in [0.25, 0.3) is 0 Å². The van der Waals surface area contributed by atoms with Gasteiger partial charge in [-0.2, -0.15) is 0 Å². The molecule has 0 heterocycles. The van der Waals surface area contributed by atoms with E-state index in [-0.39, 0.29) is 11.4 Å². The summed E-state index contributed by atoms with van der Waals surface area (Å²) in [6.07, 6.45) is 0. The van der Waals surface area contributed by atoms with Crippen molar-refractivity contribution in [2.75, 3.05) is 16.2 Å². The molecular weight excluding hydrogens is 499 g/mol. The van der Waals surface area contributed by atoms with E-state index in [0.717, 1.165) is 19.0 Å². The zero-order valence-electron chi connectivity index (χ0n) is 16.1. The van der Waals surface area contributed by atoms with Crippen LogP contribution in [-0.2, 0) is 14.8 Å². The average Bonchev–Trinajstić information content (AvgIpc) is 2.69. The van der Waals surface area contributed by atoms with Crippen LogP contribution in [0, 0.1) is 17.4 Å². The average molecular weight is 520 g/mol. The molecule has 0 aliphatic heterocycles. The Hall–Kier alpha value is -2.39. The Morgan fingerprint density at radius 3 is 2.34 bits per heavy atom. The highest BCUT2D eigenvalue weighted by Gasteiger charge is 2.27. The van der Waals surface area contributed by atoms with Crippen molar-refractivity contribution in [3.63, 3.8) is 0 Å². The number of sulfonamides is 1. The quantitative estimate of drug-likeness (QED) is 0.478. The number of nitrogens with one attached hydrogen (secondary N) is 1. The monoisotopic (exact) mass is 520 g/mol. The summed E-state index contributed by atoms with van der Waals surface area (Å²) in [4.78, 5) is 12.9. The number of rotatable bonds is 6. The molecule has 3 aromatic rings. The Bertz CT molecular complexity index is 1130. The molecule has 29 heavy (non-hydrogen) atoms. The van der Waals surface area contributed by atoms with E-state index in [2.05, 4.69) is 27.9 Å². The molecule has 0 aromatic heterocycles. The molecular formula is C22H21IN2O3S. The van der Waals surface area contributed by atoms with Crippen LogP contribution in [0.2, 0.25) is 0 Å². The van der Waals surface area contributed by atoms with E-state index in [1.165, 1.54) is 12.1 Å². The largest absolute Gasteiger partial charge is 0.324 e. The maximum Gasteiger partial charge on any atom is 0.264 e. The van der Waals surface area contributed by atoms with Crippen LogP contribution < -0.4 is 9.62 Å². The summed E-state index contributed by atoms with van der Waals surface area (Å²) >= 11 is 2.20. The molecule has 0 unspecified atom stereocenters. The van der Waals surface area contributed by atoms with Crippen LogP contribution in [0.5, 0.6) is 0 Å². The highest BCUT2D eigenvalue weighted by Crippen LogP contribution is 2.25. The minimum Gasteiger partial charge on any atom is -0.324 e. The van der Waals surface area contributed by atoms with E-state index < -0.39 is 15.9 Å². The lowest BCUT2D eigenvalue weighted by Crippen LogP contribution is -2.38. The van der Waals surface area contributed by atoms with Crippen molar-refractivity contribution < 1.29 is 13.2 Å². The topological polar surface area (TPSA) is 66.5 Å². The van der Waals surface area contributed by atoms with Crippen LogP contribution in [0.3, 0.4) is 0 Å². The molecule has 0 atom stereocenters. The highest BCUT2D eigenvalue weighted by atomic mass is 127. The van der Waals surface area contributed by atoms with Gasteiger partial charge in [-0.15, -0.1) is 0 Å². The van der Waals surface area contributed by atoms with E-state index in [1.807, 2.05) is 38.1 Å².